The first-order chi connectivity index (χ1) is 11.8. The summed E-state index contributed by atoms with van der Waals surface area (Å²) < 4.78 is 0. The lowest BCUT2D eigenvalue weighted by atomic mass is 9.88. The van der Waals surface area contributed by atoms with Crippen molar-refractivity contribution in [2.75, 3.05) is 16.8 Å². The molecular formula is C21H24N2O. The molecular weight excluding hydrogens is 296 g/mol. The third-order valence-electron chi connectivity index (χ3n) is 5.31. The lowest BCUT2D eigenvalue weighted by Crippen LogP contribution is -2.24. The molecule has 3 nitrogen and oxygen atoms in total. The summed E-state index contributed by atoms with van der Waals surface area (Å²) in [5.74, 6) is 0.387. The summed E-state index contributed by atoms with van der Waals surface area (Å²) in [6.07, 6.45) is 6.81. The molecule has 1 saturated carbocycles. The van der Waals surface area contributed by atoms with E-state index in [1.807, 2.05) is 12.1 Å². The van der Waals surface area contributed by atoms with Gasteiger partial charge in [0.25, 0.3) is 0 Å². The van der Waals surface area contributed by atoms with E-state index < -0.39 is 0 Å². The zero-order chi connectivity index (χ0) is 16.4. The molecule has 124 valence electrons. The molecule has 1 aliphatic heterocycles. The molecule has 4 rings (SSSR count). The van der Waals surface area contributed by atoms with Gasteiger partial charge in [0.1, 0.15) is 0 Å². The van der Waals surface area contributed by atoms with Crippen LogP contribution in [0.25, 0.3) is 0 Å². The van der Waals surface area contributed by atoms with Gasteiger partial charge < -0.3 is 10.2 Å². The molecule has 2 aromatic rings. The number of amides is 1. The fourth-order valence-electron chi connectivity index (χ4n) is 3.94. The van der Waals surface area contributed by atoms with Crippen LogP contribution in [0.3, 0.4) is 0 Å². The van der Waals surface area contributed by atoms with Gasteiger partial charge in [0.05, 0.1) is 0 Å². The molecule has 0 unspecified atom stereocenters. The van der Waals surface area contributed by atoms with E-state index in [-0.39, 0.29) is 11.8 Å². The number of para-hydroxylation sites is 1. The minimum absolute atomic E-state index is 0.189. The second kappa shape index (κ2) is 6.68. The number of rotatable bonds is 3. The smallest absolute Gasteiger partial charge is 0.227 e. The van der Waals surface area contributed by atoms with Crippen LogP contribution in [0, 0.1) is 5.92 Å². The minimum Gasteiger partial charge on any atom is -0.341 e. The highest BCUT2D eigenvalue weighted by Crippen LogP contribution is 2.34. The molecule has 1 aliphatic carbocycles. The minimum atomic E-state index is 0.189. The van der Waals surface area contributed by atoms with Gasteiger partial charge in [-0.15, -0.1) is 0 Å². The molecule has 0 saturated heterocycles. The molecule has 0 radical (unpaired) electrons. The molecule has 1 amide bonds. The van der Waals surface area contributed by atoms with Crippen molar-refractivity contribution in [1.82, 2.24) is 0 Å². The molecule has 1 fully saturated rings. The van der Waals surface area contributed by atoms with Crippen molar-refractivity contribution in [2.45, 2.75) is 38.5 Å². The maximum Gasteiger partial charge on any atom is 0.227 e. The number of carbonyl (C=O) groups excluding carboxylic acids is 1. The molecule has 2 aromatic carbocycles. The first-order valence-electron chi connectivity index (χ1n) is 9.08. The van der Waals surface area contributed by atoms with E-state index in [1.165, 1.54) is 36.2 Å². The number of carbonyl (C=O) groups is 1. The van der Waals surface area contributed by atoms with E-state index in [4.69, 9.17) is 0 Å². The van der Waals surface area contributed by atoms with Crippen LogP contribution in [0.1, 0.15) is 37.7 Å². The number of anilines is 3. The van der Waals surface area contributed by atoms with Crippen molar-refractivity contribution in [3.63, 3.8) is 0 Å². The fraction of sp³-hybridized carbons (Fsp3) is 0.381. The van der Waals surface area contributed by atoms with Gasteiger partial charge in [0.2, 0.25) is 5.91 Å². The molecule has 0 aromatic heterocycles. The first-order valence-corrected chi connectivity index (χ1v) is 9.08. The van der Waals surface area contributed by atoms with Crippen LogP contribution in [0.15, 0.2) is 48.5 Å². The van der Waals surface area contributed by atoms with Crippen LogP contribution in [-0.2, 0) is 11.2 Å². The van der Waals surface area contributed by atoms with Crippen molar-refractivity contribution in [3.8, 4) is 0 Å². The van der Waals surface area contributed by atoms with Crippen LogP contribution >= 0.6 is 0 Å². The maximum absolute atomic E-state index is 12.4. The van der Waals surface area contributed by atoms with E-state index in [2.05, 4.69) is 46.6 Å². The number of benzene rings is 2. The molecule has 1 heterocycles. The largest absolute Gasteiger partial charge is 0.341 e. The summed E-state index contributed by atoms with van der Waals surface area (Å²) in [4.78, 5) is 14.7. The fourth-order valence-corrected chi connectivity index (χ4v) is 3.94. The Kier molecular flexibility index (Phi) is 4.24. The van der Waals surface area contributed by atoms with Gasteiger partial charge in [0, 0.05) is 29.5 Å². The molecule has 0 atom stereocenters. The summed E-state index contributed by atoms with van der Waals surface area (Å²) in [6.45, 7) is 1.02. The van der Waals surface area contributed by atoms with E-state index in [0.29, 0.717) is 0 Å². The summed E-state index contributed by atoms with van der Waals surface area (Å²) in [7, 11) is 0. The average molecular weight is 320 g/mol. The van der Waals surface area contributed by atoms with Crippen molar-refractivity contribution < 1.29 is 4.79 Å². The van der Waals surface area contributed by atoms with Gasteiger partial charge in [-0.3, -0.25) is 4.79 Å². The Bertz CT molecular complexity index is 717. The highest BCUT2D eigenvalue weighted by atomic mass is 16.1. The summed E-state index contributed by atoms with van der Waals surface area (Å²) >= 11 is 0. The Hall–Kier alpha value is -2.29. The quantitative estimate of drug-likeness (QED) is 0.872. The Labute approximate surface area is 143 Å². The molecule has 0 bridgehead atoms. The van der Waals surface area contributed by atoms with E-state index in [9.17, 15) is 4.79 Å². The van der Waals surface area contributed by atoms with Gasteiger partial charge >= 0.3 is 0 Å². The highest BCUT2D eigenvalue weighted by Gasteiger charge is 2.22. The van der Waals surface area contributed by atoms with Crippen LogP contribution in [0.4, 0.5) is 17.1 Å². The van der Waals surface area contributed by atoms with Crippen molar-refractivity contribution in [1.29, 1.82) is 0 Å². The molecule has 2 aliphatic rings. The maximum atomic E-state index is 12.4. The van der Waals surface area contributed by atoms with Gasteiger partial charge in [0.15, 0.2) is 0 Å². The molecule has 3 heteroatoms. The lowest BCUT2D eigenvalue weighted by molar-refractivity contribution is -0.120. The van der Waals surface area contributed by atoms with Crippen LogP contribution in [0.2, 0.25) is 0 Å². The first kappa shape index (κ1) is 15.3. The van der Waals surface area contributed by atoms with Crippen molar-refractivity contribution in [3.05, 3.63) is 54.1 Å². The lowest BCUT2D eigenvalue weighted by Gasteiger charge is -2.22. The third-order valence-corrected chi connectivity index (χ3v) is 5.31. The van der Waals surface area contributed by atoms with Gasteiger partial charge in [-0.25, -0.2) is 0 Å². The summed E-state index contributed by atoms with van der Waals surface area (Å²) in [5, 5.41) is 3.09. The molecule has 1 N–H and O–H groups in total. The second-order valence-corrected chi connectivity index (χ2v) is 6.90. The number of nitrogens with one attached hydrogen (secondary N) is 1. The van der Waals surface area contributed by atoms with Gasteiger partial charge in [-0.05, 0) is 55.2 Å². The SMILES string of the molecule is O=C(Nc1ccc(N2CCc3ccccc32)cc1)C1CCCCC1. The number of hydrogen-bond donors (Lipinski definition) is 1. The predicted octanol–water partition coefficient (Wildman–Crippen LogP) is 4.90. The van der Waals surface area contributed by atoms with Crippen molar-refractivity contribution >= 4 is 23.0 Å². The van der Waals surface area contributed by atoms with Crippen LogP contribution < -0.4 is 10.2 Å². The monoisotopic (exact) mass is 320 g/mol. The Morgan fingerprint density at radius 3 is 2.50 bits per heavy atom. The van der Waals surface area contributed by atoms with Gasteiger partial charge in [-0.1, -0.05) is 37.5 Å². The van der Waals surface area contributed by atoms with Crippen LogP contribution in [-0.4, -0.2) is 12.5 Å². The number of nitrogens with zero attached hydrogens (tertiary/aromatic N) is 1. The third kappa shape index (κ3) is 3.03. The standard InChI is InChI=1S/C21H24N2O/c24-21(17-7-2-1-3-8-17)22-18-10-12-19(13-11-18)23-15-14-16-6-4-5-9-20(16)23/h4-6,9-13,17H,1-3,7-8,14-15H2,(H,22,24). The van der Waals surface area contributed by atoms with Crippen LogP contribution in [0.5, 0.6) is 0 Å². The van der Waals surface area contributed by atoms with E-state index in [0.717, 1.165) is 31.5 Å². The Morgan fingerprint density at radius 1 is 0.958 bits per heavy atom. The normalized spacial score (nSPS) is 17.6. The molecule has 0 spiro atoms. The number of fused-ring (bicyclic) bond motifs is 1. The van der Waals surface area contributed by atoms with Gasteiger partial charge in [-0.2, -0.15) is 0 Å². The zero-order valence-corrected chi connectivity index (χ0v) is 14.0. The van der Waals surface area contributed by atoms with E-state index >= 15 is 0 Å². The van der Waals surface area contributed by atoms with Crippen molar-refractivity contribution in [2.24, 2.45) is 5.92 Å². The summed E-state index contributed by atoms with van der Waals surface area (Å²) in [6, 6.07) is 16.8. The summed E-state index contributed by atoms with van der Waals surface area (Å²) in [5.41, 5.74) is 4.81. The predicted molar refractivity (Wildman–Crippen MR) is 98.8 cm³/mol. The molecule has 24 heavy (non-hydrogen) atoms. The number of hydrogen-bond acceptors (Lipinski definition) is 2. The van der Waals surface area contributed by atoms with E-state index in [1.54, 1.807) is 0 Å². The topological polar surface area (TPSA) is 32.3 Å². The zero-order valence-electron chi connectivity index (χ0n) is 14.0. The Morgan fingerprint density at radius 2 is 1.71 bits per heavy atom. The second-order valence-electron chi connectivity index (χ2n) is 6.90. The average Bonchev–Trinajstić information content (AvgIpc) is 3.07. The highest BCUT2D eigenvalue weighted by molar-refractivity contribution is 5.92. The Balaban J connectivity index is 1.44.